The van der Waals surface area contributed by atoms with Gasteiger partial charge in [-0.2, -0.15) is 0 Å². The summed E-state index contributed by atoms with van der Waals surface area (Å²) >= 11 is 0. The van der Waals surface area contributed by atoms with Gasteiger partial charge in [0.1, 0.15) is 0 Å². The second kappa shape index (κ2) is 11.6. The summed E-state index contributed by atoms with van der Waals surface area (Å²) < 4.78 is 11.6. The van der Waals surface area contributed by atoms with Crippen LogP contribution in [0.3, 0.4) is 0 Å². The molecule has 0 aliphatic carbocycles. The van der Waals surface area contributed by atoms with Crippen LogP contribution in [-0.2, 0) is 9.59 Å². The first-order valence-electron chi connectivity index (χ1n) is 12.4. The number of anilines is 3. The number of rotatable bonds is 10. The van der Waals surface area contributed by atoms with Gasteiger partial charge < -0.3 is 30.7 Å². The lowest BCUT2D eigenvalue weighted by molar-refractivity contribution is -0.116. The van der Waals surface area contributed by atoms with Crippen LogP contribution in [0.1, 0.15) is 31.9 Å². The van der Waals surface area contributed by atoms with E-state index in [9.17, 15) is 9.59 Å². The van der Waals surface area contributed by atoms with E-state index in [4.69, 9.17) is 15.2 Å². The topological polar surface area (TPSA) is 106 Å². The van der Waals surface area contributed by atoms with Crippen molar-refractivity contribution in [2.24, 2.45) is 5.73 Å². The van der Waals surface area contributed by atoms with Crippen LogP contribution in [0.5, 0.6) is 11.5 Å². The Bertz CT molecular complexity index is 1300. The molecule has 8 nitrogen and oxygen atoms in total. The Morgan fingerprint density at radius 1 is 0.973 bits per heavy atom. The molecule has 0 saturated heterocycles. The quantitative estimate of drug-likeness (QED) is 0.348. The Kier molecular flexibility index (Phi) is 8.10. The lowest BCUT2D eigenvalue weighted by Gasteiger charge is -2.21. The highest BCUT2D eigenvalue weighted by molar-refractivity contribution is 6.37. The van der Waals surface area contributed by atoms with Crippen LogP contribution in [0.25, 0.3) is 11.3 Å². The maximum atomic E-state index is 13.3. The van der Waals surface area contributed by atoms with E-state index >= 15 is 0 Å². The van der Waals surface area contributed by atoms with Gasteiger partial charge in [0.15, 0.2) is 11.5 Å². The third kappa shape index (κ3) is 5.59. The number of fused-ring (bicyclic) bond motifs is 1. The molecule has 4 N–H and O–H groups in total. The third-order valence-corrected chi connectivity index (χ3v) is 5.92. The van der Waals surface area contributed by atoms with Gasteiger partial charge in [0, 0.05) is 43.0 Å². The zero-order valence-corrected chi connectivity index (χ0v) is 21.3. The highest BCUT2D eigenvalue weighted by Gasteiger charge is 2.30. The summed E-state index contributed by atoms with van der Waals surface area (Å²) in [7, 11) is 0. The molecule has 0 bridgehead atoms. The molecule has 0 radical (unpaired) electrons. The Labute approximate surface area is 217 Å². The summed E-state index contributed by atoms with van der Waals surface area (Å²) in [6.07, 6.45) is 0. The fourth-order valence-corrected chi connectivity index (χ4v) is 4.31. The molecule has 1 heterocycles. The molecule has 0 atom stereocenters. The van der Waals surface area contributed by atoms with Crippen molar-refractivity contribution < 1.29 is 19.1 Å². The van der Waals surface area contributed by atoms with Crippen molar-refractivity contribution in [2.75, 3.05) is 41.8 Å². The van der Waals surface area contributed by atoms with Gasteiger partial charge in [-0.05, 0) is 49.7 Å². The molecular weight excluding hydrogens is 468 g/mol. The highest BCUT2D eigenvalue weighted by atomic mass is 16.5. The molecule has 0 unspecified atom stereocenters. The van der Waals surface area contributed by atoms with Crippen LogP contribution in [0.2, 0.25) is 0 Å². The Morgan fingerprint density at radius 2 is 1.62 bits per heavy atom. The van der Waals surface area contributed by atoms with Gasteiger partial charge in [0.05, 0.1) is 30.2 Å². The minimum Gasteiger partial charge on any atom is -0.490 e. The predicted octanol–water partition coefficient (Wildman–Crippen LogP) is 4.73. The van der Waals surface area contributed by atoms with Gasteiger partial charge in [0.2, 0.25) is 5.91 Å². The number of nitrogens with zero attached hydrogens (tertiary/aromatic N) is 1. The van der Waals surface area contributed by atoms with Gasteiger partial charge in [-0.25, -0.2) is 0 Å². The van der Waals surface area contributed by atoms with E-state index in [2.05, 4.69) is 10.6 Å². The minimum atomic E-state index is -0.222. The number of carbonyl (C=O) groups excluding carboxylic acids is 2. The predicted molar refractivity (Wildman–Crippen MR) is 148 cm³/mol. The molecule has 4 rings (SSSR count). The number of carbonyl (C=O) groups is 2. The largest absolute Gasteiger partial charge is 0.490 e. The Morgan fingerprint density at radius 3 is 2.22 bits per heavy atom. The molecule has 1 aliphatic heterocycles. The second-order valence-electron chi connectivity index (χ2n) is 8.41. The molecule has 0 spiro atoms. The van der Waals surface area contributed by atoms with Gasteiger partial charge in [-0.15, -0.1) is 0 Å². The van der Waals surface area contributed by atoms with Crippen LogP contribution in [0, 0.1) is 0 Å². The fraction of sp³-hybridized carbons (Fsp3) is 0.241. The van der Waals surface area contributed by atoms with E-state index in [0.717, 1.165) is 22.5 Å². The number of amides is 2. The van der Waals surface area contributed by atoms with Crippen LogP contribution in [0.15, 0.2) is 66.7 Å². The van der Waals surface area contributed by atoms with Crippen molar-refractivity contribution in [3.63, 3.8) is 0 Å². The fourth-order valence-electron chi connectivity index (χ4n) is 4.31. The molecule has 3 aromatic carbocycles. The van der Waals surface area contributed by atoms with Gasteiger partial charge >= 0.3 is 0 Å². The summed E-state index contributed by atoms with van der Waals surface area (Å²) in [4.78, 5) is 27.0. The molecule has 0 aromatic heterocycles. The SMILES string of the molecule is CCOc1cc2c(cc1OCC)C(=C(Nc1ccc(N(CCN)C(C)=O)cc1)c1ccccc1)C(=O)N2. The van der Waals surface area contributed by atoms with E-state index in [-0.39, 0.29) is 11.8 Å². The van der Waals surface area contributed by atoms with E-state index < -0.39 is 0 Å². The van der Waals surface area contributed by atoms with Crippen molar-refractivity contribution in [2.45, 2.75) is 20.8 Å². The molecule has 37 heavy (non-hydrogen) atoms. The van der Waals surface area contributed by atoms with Crippen LogP contribution < -0.4 is 30.7 Å². The van der Waals surface area contributed by atoms with Crippen molar-refractivity contribution in [1.82, 2.24) is 0 Å². The number of hydrogen-bond acceptors (Lipinski definition) is 6. The lowest BCUT2D eigenvalue weighted by Crippen LogP contribution is -2.33. The molecule has 2 amide bonds. The Balaban J connectivity index is 1.80. The molecule has 8 heteroatoms. The molecular formula is C29H32N4O4. The maximum absolute atomic E-state index is 13.3. The third-order valence-electron chi connectivity index (χ3n) is 5.92. The highest BCUT2D eigenvalue weighted by Crippen LogP contribution is 2.43. The summed E-state index contributed by atoms with van der Waals surface area (Å²) in [5.41, 5.74) is 10.6. The van der Waals surface area contributed by atoms with Crippen LogP contribution >= 0.6 is 0 Å². The maximum Gasteiger partial charge on any atom is 0.258 e. The van der Waals surface area contributed by atoms with E-state index in [1.807, 2.05) is 74.5 Å². The normalized spacial score (nSPS) is 13.5. The number of benzene rings is 3. The summed E-state index contributed by atoms with van der Waals surface area (Å²) in [6, 6.07) is 20.8. The molecule has 0 saturated carbocycles. The number of nitrogens with one attached hydrogen (secondary N) is 2. The standard InChI is InChI=1S/C29H32N4O4/c1-4-36-25-17-23-24(18-26(25)37-5-2)32-29(35)27(23)28(20-9-7-6-8-10-20)31-21-11-13-22(14-12-21)33(16-15-30)19(3)34/h6-14,17-18,31H,4-5,15-16,30H2,1-3H3,(H,32,35). The van der Waals surface area contributed by atoms with E-state index in [1.165, 1.54) is 6.92 Å². The molecule has 1 aliphatic rings. The second-order valence-corrected chi connectivity index (χ2v) is 8.41. The van der Waals surface area contributed by atoms with Crippen molar-refractivity contribution in [1.29, 1.82) is 0 Å². The first-order chi connectivity index (χ1) is 18.0. The average Bonchev–Trinajstić information content (AvgIpc) is 3.21. The monoisotopic (exact) mass is 500 g/mol. The van der Waals surface area contributed by atoms with Crippen LogP contribution in [0.4, 0.5) is 17.1 Å². The van der Waals surface area contributed by atoms with E-state index in [0.29, 0.717) is 54.8 Å². The van der Waals surface area contributed by atoms with Crippen molar-refractivity contribution >= 4 is 40.1 Å². The van der Waals surface area contributed by atoms with Gasteiger partial charge in [-0.1, -0.05) is 30.3 Å². The number of hydrogen-bond donors (Lipinski definition) is 3. The molecule has 0 fully saturated rings. The van der Waals surface area contributed by atoms with Crippen molar-refractivity contribution in [3.8, 4) is 11.5 Å². The summed E-state index contributed by atoms with van der Waals surface area (Å²) in [5.74, 6) is 0.869. The van der Waals surface area contributed by atoms with Crippen LogP contribution in [-0.4, -0.2) is 38.1 Å². The van der Waals surface area contributed by atoms with Gasteiger partial charge in [-0.3, -0.25) is 9.59 Å². The summed E-state index contributed by atoms with van der Waals surface area (Å²) in [6.45, 7) is 7.08. The molecule has 3 aromatic rings. The number of nitrogens with two attached hydrogens (primary N) is 1. The Hall–Kier alpha value is -4.30. The zero-order valence-electron chi connectivity index (χ0n) is 21.3. The first kappa shape index (κ1) is 25.8. The number of ether oxygens (including phenoxy) is 2. The lowest BCUT2D eigenvalue weighted by atomic mass is 9.99. The zero-order chi connectivity index (χ0) is 26.4. The van der Waals surface area contributed by atoms with Crippen molar-refractivity contribution in [3.05, 3.63) is 77.9 Å². The van der Waals surface area contributed by atoms with E-state index in [1.54, 1.807) is 11.0 Å². The van der Waals surface area contributed by atoms with Gasteiger partial charge in [0.25, 0.3) is 5.91 Å². The first-order valence-corrected chi connectivity index (χ1v) is 12.4. The average molecular weight is 501 g/mol. The summed E-state index contributed by atoms with van der Waals surface area (Å²) in [5, 5.41) is 6.42. The molecule has 192 valence electrons. The minimum absolute atomic E-state index is 0.0750. The smallest absolute Gasteiger partial charge is 0.258 e.